The van der Waals surface area contributed by atoms with E-state index in [9.17, 15) is 9.59 Å². The molecule has 0 bridgehead atoms. The highest BCUT2D eigenvalue weighted by molar-refractivity contribution is 7.80. The zero-order chi connectivity index (χ0) is 21.8. The maximum Gasteiger partial charge on any atom is 0.261 e. The lowest BCUT2D eigenvalue weighted by Crippen LogP contribution is -2.35. The Hall–Kier alpha value is -2.97. The summed E-state index contributed by atoms with van der Waals surface area (Å²) in [6.45, 7) is 2.64. The molecule has 0 atom stereocenters. The van der Waals surface area contributed by atoms with Gasteiger partial charge < -0.3 is 20.5 Å². The Morgan fingerprint density at radius 2 is 1.70 bits per heavy atom. The van der Waals surface area contributed by atoms with Crippen LogP contribution in [0.25, 0.3) is 0 Å². The zero-order valence-electron chi connectivity index (χ0n) is 16.9. The summed E-state index contributed by atoms with van der Waals surface area (Å²) in [7, 11) is 0. The SMILES string of the molecule is CCCCCOc1ccccc1C(=O)NC(=S)Nc1ccccc1C(=O)NCCO. The number of unbranched alkanes of at least 4 members (excludes halogenated alkanes) is 2. The number of para-hydroxylation sites is 2. The van der Waals surface area contributed by atoms with Crippen LogP contribution in [0.1, 0.15) is 46.9 Å². The van der Waals surface area contributed by atoms with Gasteiger partial charge in [0.2, 0.25) is 0 Å². The number of ether oxygens (including phenoxy) is 1. The summed E-state index contributed by atoms with van der Waals surface area (Å²) in [5.41, 5.74) is 1.18. The highest BCUT2D eigenvalue weighted by Gasteiger charge is 2.15. The predicted molar refractivity (Wildman–Crippen MR) is 121 cm³/mol. The molecule has 2 aromatic rings. The second-order valence-corrected chi connectivity index (χ2v) is 6.89. The van der Waals surface area contributed by atoms with Crippen LogP contribution in [0.3, 0.4) is 0 Å². The first-order valence-electron chi connectivity index (χ1n) is 9.89. The van der Waals surface area contributed by atoms with Gasteiger partial charge in [0.05, 0.1) is 30.0 Å². The van der Waals surface area contributed by atoms with Crippen LogP contribution in [-0.4, -0.2) is 41.8 Å². The molecule has 0 saturated carbocycles. The monoisotopic (exact) mass is 429 g/mol. The van der Waals surface area contributed by atoms with E-state index in [0.29, 0.717) is 29.2 Å². The van der Waals surface area contributed by atoms with E-state index in [1.165, 1.54) is 0 Å². The Morgan fingerprint density at radius 1 is 1.00 bits per heavy atom. The summed E-state index contributed by atoms with van der Waals surface area (Å²) >= 11 is 5.26. The van der Waals surface area contributed by atoms with Gasteiger partial charge in [-0.3, -0.25) is 14.9 Å². The molecular weight excluding hydrogens is 402 g/mol. The minimum Gasteiger partial charge on any atom is -0.493 e. The molecule has 4 N–H and O–H groups in total. The van der Waals surface area contributed by atoms with Crippen LogP contribution in [-0.2, 0) is 0 Å². The third kappa shape index (κ3) is 7.13. The molecule has 0 fully saturated rings. The highest BCUT2D eigenvalue weighted by atomic mass is 32.1. The maximum absolute atomic E-state index is 12.7. The lowest BCUT2D eigenvalue weighted by atomic mass is 10.1. The Labute approximate surface area is 181 Å². The van der Waals surface area contributed by atoms with Crippen molar-refractivity contribution < 1.29 is 19.4 Å². The van der Waals surface area contributed by atoms with Crippen LogP contribution >= 0.6 is 12.2 Å². The van der Waals surface area contributed by atoms with E-state index >= 15 is 0 Å². The van der Waals surface area contributed by atoms with Crippen LogP contribution in [0, 0.1) is 0 Å². The quantitative estimate of drug-likeness (QED) is 0.342. The second-order valence-electron chi connectivity index (χ2n) is 6.49. The van der Waals surface area contributed by atoms with Gasteiger partial charge in [0.25, 0.3) is 11.8 Å². The first kappa shape index (κ1) is 23.3. The molecule has 0 unspecified atom stereocenters. The number of hydrogen-bond acceptors (Lipinski definition) is 5. The molecule has 0 aliphatic carbocycles. The Balaban J connectivity index is 2.02. The third-order valence-electron chi connectivity index (χ3n) is 4.18. The molecule has 0 aromatic heterocycles. The maximum atomic E-state index is 12.7. The second kappa shape index (κ2) is 12.6. The fraction of sp³-hybridized carbons (Fsp3) is 0.318. The topological polar surface area (TPSA) is 99.7 Å². The van der Waals surface area contributed by atoms with Gasteiger partial charge in [0.1, 0.15) is 5.75 Å². The Bertz CT molecular complexity index is 873. The number of carbonyl (C=O) groups excluding carboxylic acids is 2. The van der Waals surface area contributed by atoms with Crippen LogP contribution in [0.15, 0.2) is 48.5 Å². The molecule has 0 spiro atoms. The average molecular weight is 430 g/mol. The van der Waals surface area contributed by atoms with E-state index in [0.717, 1.165) is 19.3 Å². The van der Waals surface area contributed by atoms with Crippen molar-refractivity contribution in [1.29, 1.82) is 0 Å². The number of anilines is 1. The van der Waals surface area contributed by atoms with Gasteiger partial charge in [-0.15, -0.1) is 0 Å². The summed E-state index contributed by atoms with van der Waals surface area (Å²) in [4.78, 5) is 24.9. The highest BCUT2D eigenvalue weighted by Crippen LogP contribution is 2.19. The largest absolute Gasteiger partial charge is 0.493 e. The van der Waals surface area contributed by atoms with E-state index in [2.05, 4.69) is 22.9 Å². The first-order valence-corrected chi connectivity index (χ1v) is 10.3. The van der Waals surface area contributed by atoms with Crippen LogP contribution < -0.4 is 20.7 Å². The van der Waals surface area contributed by atoms with Crippen LogP contribution in [0.4, 0.5) is 5.69 Å². The number of benzene rings is 2. The molecule has 2 amide bonds. The lowest BCUT2D eigenvalue weighted by Gasteiger charge is -2.15. The molecule has 0 aliphatic rings. The summed E-state index contributed by atoms with van der Waals surface area (Å²) in [6.07, 6.45) is 3.07. The first-order chi connectivity index (χ1) is 14.6. The average Bonchev–Trinajstić information content (AvgIpc) is 2.75. The van der Waals surface area contributed by atoms with Crippen molar-refractivity contribution in [1.82, 2.24) is 10.6 Å². The molecule has 30 heavy (non-hydrogen) atoms. The van der Waals surface area contributed by atoms with Gasteiger partial charge in [-0.05, 0) is 42.9 Å². The summed E-state index contributed by atoms with van der Waals surface area (Å²) in [5.74, 6) is -0.259. The summed E-state index contributed by atoms with van der Waals surface area (Å²) in [6, 6.07) is 13.7. The number of aliphatic hydroxyl groups is 1. The molecule has 0 radical (unpaired) electrons. The van der Waals surface area contributed by atoms with E-state index in [1.807, 2.05) is 6.07 Å². The van der Waals surface area contributed by atoms with Crippen molar-refractivity contribution in [2.75, 3.05) is 25.1 Å². The number of nitrogens with one attached hydrogen (secondary N) is 3. The fourth-order valence-corrected chi connectivity index (χ4v) is 2.90. The van der Waals surface area contributed by atoms with Gasteiger partial charge in [-0.25, -0.2) is 0 Å². The van der Waals surface area contributed by atoms with Gasteiger partial charge in [0, 0.05) is 6.54 Å². The van der Waals surface area contributed by atoms with Gasteiger partial charge in [-0.1, -0.05) is 44.0 Å². The van der Waals surface area contributed by atoms with Crippen molar-refractivity contribution in [3.63, 3.8) is 0 Å². The minimum absolute atomic E-state index is 0.0585. The number of hydrogen-bond donors (Lipinski definition) is 4. The van der Waals surface area contributed by atoms with Crippen LogP contribution in [0.2, 0.25) is 0 Å². The van der Waals surface area contributed by atoms with Crippen LogP contribution in [0.5, 0.6) is 5.75 Å². The predicted octanol–water partition coefficient (Wildman–Crippen LogP) is 3.10. The van der Waals surface area contributed by atoms with Gasteiger partial charge in [-0.2, -0.15) is 0 Å². The zero-order valence-corrected chi connectivity index (χ0v) is 17.8. The van der Waals surface area contributed by atoms with E-state index in [1.54, 1.807) is 42.5 Å². The smallest absolute Gasteiger partial charge is 0.261 e. The van der Waals surface area contributed by atoms with Crippen molar-refractivity contribution >= 4 is 34.8 Å². The minimum atomic E-state index is -0.402. The molecule has 2 aromatic carbocycles. The number of aliphatic hydroxyl groups excluding tert-OH is 1. The Kier molecular flexibility index (Phi) is 9.76. The molecule has 7 nitrogen and oxygen atoms in total. The number of rotatable bonds is 10. The van der Waals surface area contributed by atoms with Crippen molar-refractivity contribution in [2.45, 2.75) is 26.2 Å². The van der Waals surface area contributed by atoms with Crippen molar-refractivity contribution in [3.05, 3.63) is 59.7 Å². The number of thiocarbonyl (C=S) groups is 1. The molecule has 160 valence electrons. The van der Waals surface area contributed by atoms with E-state index in [-0.39, 0.29) is 24.2 Å². The van der Waals surface area contributed by atoms with E-state index in [4.69, 9.17) is 22.1 Å². The van der Waals surface area contributed by atoms with Gasteiger partial charge >= 0.3 is 0 Å². The standard InChI is InChI=1S/C22H27N3O4S/c1-2-3-8-15-29-19-12-7-5-10-17(19)21(28)25-22(30)24-18-11-6-4-9-16(18)20(27)23-13-14-26/h4-7,9-12,26H,2-3,8,13-15H2,1H3,(H,23,27)(H2,24,25,28,30). The van der Waals surface area contributed by atoms with E-state index < -0.39 is 5.91 Å². The van der Waals surface area contributed by atoms with Gasteiger partial charge in [0.15, 0.2) is 5.11 Å². The molecule has 0 heterocycles. The van der Waals surface area contributed by atoms with Crippen molar-refractivity contribution in [3.8, 4) is 5.75 Å². The summed E-state index contributed by atoms with van der Waals surface area (Å²) in [5, 5.41) is 17.0. The molecule has 0 aliphatic heterocycles. The molecule has 2 rings (SSSR count). The molecular formula is C22H27N3O4S. The Morgan fingerprint density at radius 3 is 2.43 bits per heavy atom. The lowest BCUT2D eigenvalue weighted by molar-refractivity contribution is 0.0944. The fourth-order valence-electron chi connectivity index (χ4n) is 2.69. The third-order valence-corrected chi connectivity index (χ3v) is 4.39. The molecule has 0 saturated heterocycles. The molecule has 8 heteroatoms. The van der Waals surface area contributed by atoms with Crippen molar-refractivity contribution in [2.24, 2.45) is 0 Å². The summed E-state index contributed by atoms with van der Waals surface area (Å²) < 4.78 is 5.75. The number of carbonyl (C=O) groups is 2. The number of amides is 2. The normalized spacial score (nSPS) is 10.2.